The first-order valence-corrected chi connectivity index (χ1v) is 8.09. The van der Waals surface area contributed by atoms with Crippen LogP contribution in [-0.4, -0.2) is 29.8 Å². The minimum atomic E-state index is 0.349. The SMILES string of the molecule is CCNC(=NCc1cccnc1OC)NCc1cc(C(C)C)no1. The van der Waals surface area contributed by atoms with Crippen LogP contribution in [-0.2, 0) is 13.1 Å². The molecule has 0 unspecified atom stereocenters. The molecule has 2 N–H and O–H groups in total. The molecule has 0 saturated carbocycles. The van der Waals surface area contributed by atoms with Crippen molar-refractivity contribution >= 4 is 5.96 Å². The molecule has 0 aliphatic carbocycles. The molecular formula is C17H25N5O2. The van der Waals surface area contributed by atoms with E-state index in [-0.39, 0.29) is 0 Å². The topological polar surface area (TPSA) is 84.6 Å². The van der Waals surface area contributed by atoms with Crippen LogP contribution in [0.5, 0.6) is 5.88 Å². The molecule has 0 aliphatic rings. The van der Waals surface area contributed by atoms with Gasteiger partial charge in [0.2, 0.25) is 5.88 Å². The number of hydrogen-bond acceptors (Lipinski definition) is 5. The van der Waals surface area contributed by atoms with Crippen LogP contribution >= 0.6 is 0 Å². The lowest BCUT2D eigenvalue weighted by Crippen LogP contribution is -2.36. The molecular weight excluding hydrogens is 306 g/mol. The van der Waals surface area contributed by atoms with Crippen LogP contribution in [0.3, 0.4) is 0 Å². The molecule has 0 radical (unpaired) electrons. The minimum Gasteiger partial charge on any atom is -0.481 e. The Hall–Kier alpha value is -2.57. The summed E-state index contributed by atoms with van der Waals surface area (Å²) >= 11 is 0. The molecule has 2 rings (SSSR count). The van der Waals surface area contributed by atoms with E-state index in [2.05, 4.69) is 39.6 Å². The molecule has 0 saturated heterocycles. The second-order valence-corrected chi connectivity index (χ2v) is 5.59. The number of aromatic nitrogens is 2. The molecule has 0 spiro atoms. The first-order valence-electron chi connectivity index (χ1n) is 8.09. The van der Waals surface area contributed by atoms with Crippen molar-refractivity contribution in [1.29, 1.82) is 0 Å². The molecule has 130 valence electrons. The summed E-state index contributed by atoms with van der Waals surface area (Å²) in [6, 6.07) is 5.78. The van der Waals surface area contributed by atoms with Crippen LogP contribution in [0.1, 0.15) is 43.7 Å². The van der Waals surface area contributed by atoms with Gasteiger partial charge in [0, 0.05) is 24.4 Å². The third-order valence-electron chi connectivity index (χ3n) is 3.39. The van der Waals surface area contributed by atoms with Crippen molar-refractivity contribution in [3.8, 4) is 5.88 Å². The summed E-state index contributed by atoms with van der Waals surface area (Å²) in [4.78, 5) is 8.74. The Morgan fingerprint density at radius 3 is 2.88 bits per heavy atom. The smallest absolute Gasteiger partial charge is 0.218 e. The number of rotatable bonds is 7. The van der Waals surface area contributed by atoms with Crippen LogP contribution in [0.25, 0.3) is 0 Å². The second-order valence-electron chi connectivity index (χ2n) is 5.59. The van der Waals surface area contributed by atoms with Crippen LogP contribution in [0.2, 0.25) is 0 Å². The zero-order valence-corrected chi connectivity index (χ0v) is 14.7. The maximum Gasteiger partial charge on any atom is 0.218 e. The number of guanidine groups is 1. The van der Waals surface area contributed by atoms with Gasteiger partial charge in [0.05, 0.1) is 25.9 Å². The van der Waals surface area contributed by atoms with E-state index in [0.717, 1.165) is 23.6 Å². The van der Waals surface area contributed by atoms with Crippen LogP contribution in [0.15, 0.2) is 33.9 Å². The third-order valence-corrected chi connectivity index (χ3v) is 3.39. The summed E-state index contributed by atoms with van der Waals surface area (Å²) < 4.78 is 10.6. The number of nitrogens with one attached hydrogen (secondary N) is 2. The fourth-order valence-electron chi connectivity index (χ4n) is 2.09. The van der Waals surface area contributed by atoms with E-state index in [9.17, 15) is 0 Å². The average Bonchev–Trinajstić information content (AvgIpc) is 3.07. The van der Waals surface area contributed by atoms with Crippen molar-refractivity contribution in [1.82, 2.24) is 20.8 Å². The van der Waals surface area contributed by atoms with Gasteiger partial charge in [-0.25, -0.2) is 9.98 Å². The molecule has 2 aromatic heterocycles. The summed E-state index contributed by atoms with van der Waals surface area (Å²) in [6.07, 6.45) is 1.70. The Bertz CT molecular complexity index is 667. The monoisotopic (exact) mass is 331 g/mol. The average molecular weight is 331 g/mol. The molecule has 0 aliphatic heterocycles. The number of ether oxygens (including phenoxy) is 1. The van der Waals surface area contributed by atoms with Crippen molar-refractivity contribution in [3.63, 3.8) is 0 Å². The highest BCUT2D eigenvalue weighted by Gasteiger charge is 2.08. The summed E-state index contributed by atoms with van der Waals surface area (Å²) in [5.74, 6) is 2.42. The van der Waals surface area contributed by atoms with Crippen molar-refractivity contribution in [2.45, 2.75) is 39.8 Å². The Morgan fingerprint density at radius 1 is 1.38 bits per heavy atom. The van der Waals surface area contributed by atoms with E-state index in [1.54, 1.807) is 13.3 Å². The van der Waals surface area contributed by atoms with Crippen molar-refractivity contribution < 1.29 is 9.26 Å². The largest absolute Gasteiger partial charge is 0.481 e. The van der Waals surface area contributed by atoms with Gasteiger partial charge in [0.1, 0.15) is 0 Å². The van der Waals surface area contributed by atoms with Crippen molar-refractivity contribution in [2.75, 3.05) is 13.7 Å². The Labute approximate surface area is 142 Å². The maximum absolute atomic E-state index is 5.33. The summed E-state index contributed by atoms with van der Waals surface area (Å²) in [6.45, 7) is 7.95. The Kier molecular flexibility index (Phi) is 6.60. The maximum atomic E-state index is 5.33. The van der Waals surface area contributed by atoms with Gasteiger partial charge in [-0.15, -0.1) is 0 Å². The van der Waals surface area contributed by atoms with Crippen molar-refractivity contribution in [2.24, 2.45) is 4.99 Å². The summed E-state index contributed by atoms with van der Waals surface area (Å²) in [5.41, 5.74) is 1.88. The molecule has 0 bridgehead atoms. The zero-order valence-electron chi connectivity index (χ0n) is 14.7. The highest BCUT2D eigenvalue weighted by molar-refractivity contribution is 5.79. The van der Waals surface area contributed by atoms with Gasteiger partial charge in [-0.1, -0.05) is 25.1 Å². The molecule has 0 aromatic carbocycles. The molecule has 0 amide bonds. The van der Waals surface area contributed by atoms with Crippen molar-refractivity contribution in [3.05, 3.63) is 41.4 Å². The standard InChI is InChI=1S/C17H25N5O2/c1-5-18-17(20-10-13-7-6-8-19-16(13)23-4)21-11-14-9-15(12(2)3)22-24-14/h6-9,12H,5,10-11H2,1-4H3,(H2,18,20,21). The first-order chi connectivity index (χ1) is 11.6. The van der Waals surface area contributed by atoms with Gasteiger partial charge in [0.15, 0.2) is 11.7 Å². The molecule has 0 fully saturated rings. The minimum absolute atomic E-state index is 0.349. The van der Waals surface area contributed by atoms with Crippen LogP contribution in [0, 0.1) is 0 Å². The molecule has 24 heavy (non-hydrogen) atoms. The van der Waals surface area contributed by atoms with Gasteiger partial charge in [-0.3, -0.25) is 0 Å². The number of hydrogen-bond donors (Lipinski definition) is 2. The quantitative estimate of drug-likeness (QED) is 0.599. The first kappa shape index (κ1) is 17.8. The predicted molar refractivity (Wildman–Crippen MR) is 93.0 cm³/mol. The summed E-state index contributed by atoms with van der Waals surface area (Å²) in [7, 11) is 1.61. The van der Waals surface area contributed by atoms with Crippen LogP contribution < -0.4 is 15.4 Å². The van der Waals surface area contributed by atoms with Gasteiger partial charge in [-0.05, 0) is 18.9 Å². The fourth-order valence-corrected chi connectivity index (χ4v) is 2.09. The summed E-state index contributed by atoms with van der Waals surface area (Å²) in [5, 5.41) is 10.5. The highest BCUT2D eigenvalue weighted by atomic mass is 16.5. The van der Waals surface area contributed by atoms with E-state index >= 15 is 0 Å². The van der Waals surface area contributed by atoms with E-state index in [0.29, 0.717) is 30.8 Å². The van der Waals surface area contributed by atoms with E-state index in [1.807, 2.05) is 25.1 Å². The Balaban J connectivity index is 1.99. The number of aliphatic imine (C=N–C) groups is 1. The lowest BCUT2D eigenvalue weighted by molar-refractivity contribution is 0.372. The van der Waals surface area contributed by atoms with Gasteiger partial charge >= 0.3 is 0 Å². The second kappa shape index (κ2) is 8.90. The molecule has 2 aromatic rings. The third kappa shape index (κ3) is 4.97. The fraction of sp³-hybridized carbons (Fsp3) is 0.471. The van der Waals surface area contributed by atoms with Gasteiger partial charge in [-0.2, -0.15) is 0 Å². The molecule has 7 heteroatoms. The lowest BCUT2D eigenvalue weighted by atomic mass is 10.1. The lowest BCUT2D eigenvalue weighted by Gasteiger charge is -2.10. The van der Waals surface area contributed by atoms with E-state index < -0.39 is 0 Å². The number of nitrogens with zero attached hydrogens (tertiary/aromatic N) is 3. The normalized spacial score (nSPS) is 11.6. The molecule has 7 nitrogen and oxygen atoms in total. The van der Waals surface area contributed by atoms with E-state index in [4.69, 9.17) is 9.26 Å². The number of methoxy groups -OCH3 is 1. The van der Waals surface area contributed by atoms with Crippen LogP contribution in [0.4, 0.5) is 0 Å². The van der Waals surface area contributed by atoms with E-state index in [1.165, 1.54) is 0 Å². The van der Waals surface area contributed by atoms with Gasteiger partial charge < -0.3 is 19.9 Å². The zero-order chi connectivity index (χ0) is 17.4. The Morgan fingerprint density at radius 2 is 2.21 bits per heavy atom. The molecule has 2 heterocycles. The van der Waals surface area contributed by atoms with Gasteiger partial charge in [0.25, 0.3) is 0 Å². The predicted octanol–water partition coefficient (Wildman–Crippen LogP) is 2.46. The number of pyridine rings is 1. The molecule has 0 atom stereocenters. The highest BCUT2D eigenvalue weighted by Crippen LogP contribution is 2.15.